The quantitative estimate of drug-likeness (QED) is 0.112. The SMILES string of the molecule is CC(C)(C)c1ccc2c(c1)N(c1ccc(-c3ccccc3)cc1)c1cc(-c3ccc4c(c3)c3ccccc3n4-c3ccc(-c4nc(-c5ccccc5)nc(-c5ccccc5)n4)cc3-c3nc(-c4ccccc4)nc(-c4ccccc4)n3)cc3c1B2c1ccc(C(C)(C)C)cc1N3c1ccc(-c2ccccc2)cc1. The topological polar surface area (TPSA) is 88.8 Å². The predicted octanol–water partition coefficient (Wildman–Crippen LogP) is 22.8. The van der Waals surface area contributed by atoms with Crippen molar-refractivity contribution in [2.75, 3.05) is 9.80 Å². The fourth-order valence-electron chi connectivity index (χ4n) is 15.8. The lowest BCUT2D eigenvalue weighted by atomic mass is 9.33. The summed E-state index contributed by atoms with van der Waals surface area (Å²) in [6, 6.07) is 122. The van der Waals surface area contributed by atoms with E-state index in [1.54, 1.807) is 0 Å². The minimum absolute atomic E-state index is 0.100. The first-order chi connectivity index (χ1) is 52.8. The molecule has 0 aliphatic carbocycles. The number of rotatable bonds is 12. The monoisotopic (exact) mass is 1390 g/mol. The Morgan fingerprint density at radius 1 is 0.241 bits per heavy atom. The van der Waals surface area contributed by atoms with E-state index in [9.17, 15) is 0 Å². The van der Waals surface area contributed by atoms with E-state index in [1.165, 1.54) is 50.0 Å². The molecule has 14 aromatic carbocycles. The fraction of sp³-hybridized carbons (Fsp3) is 0.0816. The van der Waals surface area contributed by atoms with E-state index in [0.29, 0.717) is 34.9 Å². The zero-order valence-electron chi connectivity index (χ0n) is 60.9. The highest BCUT2D eigenvalue weighted by Crippen LogP contribution is 2.49. The molecule has 17 aromatic rings. The number of fused-ring (bicyclic) bond motifs is 7. The second-order valence-electron chi connectivity index (χ2n) is 30.3. The van der Waals surface area contributed by atoms with Crippen molar-refractivity contribution in [1.29, 1.82) is 0 Å². The van der Waals surface area contributed by atoms with Gasteiger partial charge in [-0.05, 0) is 157 Å². The Kier molecular flexibility index (Phi) is 15.9. The number of para-hydroxylation sites is 1. The molecule has 0 saturated carbocycles. The highest BCUT2D eigenvalue weighted by Gasteiger charge is 2.45. The van der Waals surface area contributed by atoms with Crippen molar-refractivity contribution in [1.82, 2.24) is 34.5 Å². The van der Waals surface area contributed by atoms with Crippen LogP contribution >= 0.6 is 0 Å². The summed E-state index contributed by atoms with van der Waals surface area (Å²) < 4.78 is 2.39. The van der Waals surface area contributed by atoms with Gasteiger partial charge in [0.1, 0.15) is 0 Å². The van der Waals surface area contributed by atoms with Crippen molar-refractivity contribution in [2.45, 2.75) is 52.4 Å². The molecule has 2 aliphatic rings. The number of benzene rings is 14. The van der Waals surface area contributed by atoms with Crippen LogP contribution in [0.1, 0.15) is 52.7 Å². The van der Waals surface area contributed by atoms with Crippen LogP contribution in [0.25, 0.3) is 129 Å². The number of anilines is 6. The molecule has 0 radical (unpaired) electrons. The van der Waals surface area contributed by atoms with Gasteiger partial charge in [-0.15, -0.1) is 0 Å². The van der Waals surface area contributed by atoms with Crippen LogP contribution in [0.15, 0.2) is 340 Å². The maximum Gasteiger partial charge on any atom is 0.252 e. The van der Waals surface area contributed by atoms with Crippen LogP contribution in [-0.4, -0.2) is 41.2 Å². The van der Waals surface area contributed by atoms with Gasteiger partial charge in [-0.1, -0.05) is 296 Å². The minimum atomic E-state index is -0.133. The minimum Gasteiger partial charge on any atom is -0.311 e. The van der Waals surface area contributed by atoms with Gasteiger partial charge in [0.05, 0.1) is 16.7 Å². The largest absolute Gasteiger partial charge is 0.311 e. The molecule has 3 aromatic heterocycles. The molecule has 0 fully saturated rings. The van der Waals surface area contributed by atoms with Crippen LogP contribution in [-0.2, 0) is 10.8 Å². The molecule has 10 heteroatoms. The van der Waals surface area contributed by atoms with E-state index in [4.69, 9.17) is 29.9 Å². The highest BCUT2D eigenvalue weighted by molar-refractivity contribution is 7.00. The second kappa shape index (κ2) is 26.3. The molecule has 19 rings (SSSR count). The third-order valence-electron chi connectivity index (χ3n) is 21.4. The van der Waals surface area contributed by atoms with Crippen LogP contribution < -0.4 is 26.2 Å². The van der Waals surface area contributed by atoms with Gasteiger partial charge in [0, 0.05) is 78.3 Å². The highest BCUT2D eigenvalue weighted by atomic mass is 15.2. The molecule has 2 aliphatic heterocycles. The zero-order valence-corrected chi connectivity index (χ0v) is 60.9. The maximum absolute atomic E-state index is 5.47. The van der Waals surface area contributed by atoms with Crippen LogP contribution in [0.2, 0.25) is 0 Å². The third kappa shape index (κ3) is 11.7. The molecule has 0 amide bonds. The Morgan fingerprint density at radius 2 is 0.593 bits per heavy atom. The molecule has 0 saturated heterocycles. The van der Waals surface area contributed by atoms with E-state index < -0.39 is 0 Å². The Bertz CT molecular complexity index is 6010. The summed E-state index contributed by atoms with van der Waals surface area (Å²) in [6.45, 7) is 13.8. The summed E-state index contributed by atoms with van der Waals surface area (Å²) in [5.74, 6) is 3.25. The summed E-state index contributed by atoms with van der Waals surface area (Å²) in [5.41, 5.74) is 27.7. The van der Waals surface area contributed by atoms with Gasteiger partial charge in [0.15, 0.2) is 34.9 Å². The summed E-state index contributed by atoms with van der Waals surface area (Å²) in [6.07, 6.45) is 0. The third-order valence-corrected chi connectivity index (χ3v) is 21.4. The average Bonchev–Trinajstić information content (AvgIpc) is 0.779. The normalized spacial score (nSPS) is 12.5. The zero-order chi connectivity index (χ0) is 72.8. The van der Waals surface area contributed by atoms with Gasteiger partial charge >= 0.3 is 0 Å². The van der Waals surface area contributed by atoms with Crippen molar-refractivity contribution in [3.05, 3.63) is 351 Å². The second-order valence-corrected chi connectivity index (χ2v) is 30.3. The van der Waals surface area contributed by atoms with E-state index in [2.05, 4.69) is 299 Å². The molecule has 9 nitrogen and oxygen atoms in total. The molecule has 5 heterocycles. The molecular formula is C98H74BN9. The van der Waals surface area contributed by atoms with Crippen LogP contribution in [0, 0.1) is 0 Å². The van der Waals surface area contributed by atoms with Gasteiger partial charge in [0.25, 0.3) is 6.71 Å². The summed E-state index contributed by atoms with van der Waals surface area (Å²) in [5, 5.41) is 2.19. The Balaban J connectivity index is 0.856. The first-order valence-electron chi connectivity index (χ1n) is 37.1. The van der Waals surface area contributed by atoms with Crippen LogP contribution in [0.4, 0.5) is 34.1 Å². The van der Waals surface area contributed by atoms with Gasteiger partial charge in [-0.2, -0.15) is 0 Å². The average molecular weight is 1390 g/mol. The van der Waals surface area contributed by atoms with Gasteiger partial charge in [-0.3, -0.25) is 0 Å². The molecule has 0 unspecified atom stereocenters. The standard InChI is InChI=1S/C98H74BN9/c1-97(2,3)74-47-53-81-86(61-74)106(76-49-41-65(42-50-76)63-27-13-7-14-28-63)88-59-73(60-89-90(88)99(81)82-54-48-75(98(4,5)6)62-87(82)107(89)77-51-43-66(44-52-77)64-29-15-8-16-30-64)71-45-55-84-79(57-71)78-39-25-26-40-83(78)108(84)85-56-46-72(95-102-91(67-31-17-9-18-32-67)100-92(103-95)68-33-19-10-20-34-68)58-80(85)96-104-93(69-35-21-11-22-36-69)101-94(105-96)70-37-23-12-24-38-70/h7-62H,1-6H3. The van der Waals surface area contributed by atoms with Crippen molar-refractivity contribution < 1.29 is 0 Å². The lowest BCUT2D eigenvalue weighted by Crippen LogP contribution is -2.61. The fourth-order valence-corrected chi connectivity index (χ4v) is 15.8. The van der Waals surface area contributed by atoms with Gasteiger partial charge in [-0.25, -0.2) is 29.9 Å². The van der Waals surface area contributed by atoms with E-state index in [1.807, 2.05) is 97.1 Å². The number of hydrogen-bond donors (Lipinski definition) is 0. The Hall–Kier alpha value is -13.4. The van der Waals surface area contributed by atoms with Crippen molar-refractivity contribution in [2.24, 2.45) is 0 Å². The van der Waals surface area contributed by atoms with E-state index in [-0.39, 0.29) is 17.5 Å². The maximum atomic E-state index is 5.47. The lowest BCUT2D eigenvalue weighted by Gasteiger charge is -2.45. The van der Waals surface area contributed by atoms with Crippen molar-refractivity contribution >= 4 is 79.0 Å². The lowest BCUT2D eigenvalue weighted by molar-refractivity contribution is 0.590. The molecular weight excluding hydrogens is 1310 g/mol. The molecule has 0 spiro atoms. The van der Waals surface area contributed by atoms with Crippen LogP contribution in [0.3, 0.4) is 0 Å². The molecule has 0 atom stereocenters. The molecule has 514 valence electrons. The molecule has 108 heavy (non-hydrogen) atoms. The van der Waals surface area contributed by atoms with Crippen molar-refractivity contribution in [3.63, 3.8) is 0 Å². The number of aromatic nitrogens is 7. The van der Waals surface area contributed by atoms with Gasteiger partial charge < -0.3 is 14.4 Å². The number of hydrogen-bond acceptors (Lipinski definition) is 8. The smallest absolute Gasteiger partial charge is 0.252 e. The molecule has 0 N–H and O–H groups in total. The van der Waals surface area contributed by atoms with E-state index in [0.717, 1.165) is 106 Å². The summed E-state index contributed by atoms with van der Waals surface area (Å²) in [4.78, 5) is 36.9. The predicted molar refractivity (Wildman–Crippen MR) is 448 cm³/mol. The van der Waals surface area contributed by atoms with Crippen LogP contribution in [0.5, 0.6) is 0 Å². The Labute approximate surface area is 630 Å². The van der Waals surface area contributed by atoms with Crippen molar-refractivity contribution in [3.8, 4) is 107 Å². The Morgan fingerprint density at radius 3 is 1.02 bits per heavy atom. The first-order valence-corrected chi connectivity index (χ1v) is 37.1. The van der Waals surface area contributed by atoms with Gasteiger partial charge in [0.2, 0.25) is 0 Å². The summed E-state index contributed by atoms with van der Waals surface area (Å²) >= 11 is 0. The molecule has 0 bridgehead atoms. The van der Waals surface area contributed by atoms with E-state index >= 15 is 0 Å². The number of nitrogens with zero attached hydrogens (tertiary/aromatic N) is 9. The summed E-state index contributed by atoms with van der Waals surface area (Å²) in [7, 11) is 0. The first kappa shape index (κ1) is 65.3.